The molecule has 120 valence electrons. The third-order valence-electron chi connectivity index (χ3n) is 4.36. The fraction of sp³-hybridized carbons (Fsp3) is 0.316. The van der Waals surface area contributed by atoms with Crippen molar-refractivity contribution in [2.45, 2.75) is 19.1 Å². The van der Waals surface area contributed by atoms with Gasteiger partial charge >= 0.3 is 0 Å². The topological polar surface area (TPSA) is 44.4 Å². The lowest BCUT2D eigenvalue weighted by atomic mass is 10.0. The van der Waals surface area contributed by atoms with Crippen LogP contribution in [0.1, 0.15) is 33.1 Å². The van der Waals surface area contributed by atoms with Crippen molar-refractivity contribution in [3.8, 4) is 0 Å². The third-order valence-corrected chi connectivity index (χ3v) is 4.36. The van der Waals surface area contributed by atoms with E-state index in [2.05, 4.69) is 27.7 Å². The molecular formula is C19H23N3O. The Morgan fingerprint density at radius 1 is 1.13 bits per heavy atom. The molecule has 1 heterocycles. The molecule has 0 bridgehead atoms. The number of nitrogens with zero attached hydrogens (tertiary/aromatic N) is 1. The Labute approximate surface area is 137 Å². The Morgan fingerprint density at radius 2 is 1.87 bits per heavy atom. The van der Waals surface area contributed by atoms with Crippen LogP contribution in [0.3, 0.4) is 0 Å². The minimum Gasteiger partial charge on any atom is -0.350 e. The van der Waals surface area contributed by atoms with Crippen LogP contribution in [0, 0.1) is 0 Å². The second kappa shape index (κ2) is 6.94. The summed E-state index contributed by atoms with van der Waals surface area (Å²) >= 11 is 0. The average molecular weight is 309 g/mol. The average Bonchev–Trinajstić information content (AvgIpc) is 3.03. The van der Waals surface area contributed by atoms with Crippen molar-refractivity contribution in [3.63, 3.8) is 0 Å². The molecule has 1 amide bonds. The zero-order valence-corrected chi connectivity index (χ0v) is 13.7. The summed E-state index contributed by atoms with van der Waals surface area (Å²) in [4.78, 5) is 14.6. The minimum absolute atomic E-state index is 0.0116. The summed E-state index contributed by atoms with van der Waals surface area (Å²) in [7, 11) is 4.07. The zero-order valence-electron chi connectivity index (χ0n) is 13.7. The maximum atomic E-state index is 12.5. The molecule has 2 N–H and O–H groups in total. The fourth-order valence-corrected chi connectivity index (χ4v) is 3.00. The van der Waals surface area contributed by atoms with Crippen LogP contribution in [0.2, 0.25) is 0 Å². The molecule has 0 aliphatic carbocycles. The van der Waals surface area contributed by atoms with Gasteiger partial charge < -0.3 is 15.5 Å². The number of nitrogens with one attached hydrogen (secondary N) is 2. The maximum Gasteiger partial charge on any atom is 0.251 e. The van der Waals surface area contributed by atoms with Crippen molar-refractivity contribution in [1.82, 2.24) is 15.5 Å². The first-order chi connectivity index (χ1) is 11.1. The van der Waals surface area contributed by atoms with E-state index in [9.17, 15) is 4.79 Å². The van der Waals surface area contributed by atoms with Gasteiger partial charge in [0.1, 0.15) is 0 Å². The minimum atomic E-state index is -0.0116. The molecule has 4 nitrogen and oxygen atoms in total. The number of carbonyl (C=O) groups excluding carboxylic acids is 1. The predicted octanol–water partition coefficient (Wildman–Crippen LogP) is 2.32. The van der Waals surface area contributed by atoms with Crippen molar-refractivity contribution in [2.75, 3.05) is 20.6 Å². The van der Waals surface area contributed by atoms with Crippen molar-refractivity contribution < 1.29 is 4.79 Å². The number of hydrogen-bond acceptors (Lipinski definition) is 3. The first kappa shape index (κ1) is 15.7. The highest BCUT2D eigenvalue weighted by molar-refractivity contribution is 5.94. The number of fused-ring (bicyclic) bond motifs is 1. The summed E-state index contributed by atoms with van der Waals surface area (Å²) in [6, 6.07) is 16.4. The van der Waals surface area contributed by atoms with Gasteiger partial charge in [-0.25, -0.2) is 0 Å². The first-order valence-corrected chi connectivity index (χ1v) is 7.97. The first-order valence-electron chi connectivity index (χ1n) is 7.97. The van der Waals surface area contributed by atoms with Crippen molar-refractivity contribution in [1.29, 1.82) is 0 Å². The Bertz CT molecular complexity index is 682. The molecule has 0 spiro atoms. The second-order valence-electron chi connectivity index (χ2n) is 6.19. The van der Waals surface area contributed by atoms with Crippen LogP contribution in [0.15, 0.2) is 48.5 Å². The van der Waals surface area contributed by atoms with E-state index in [4.69, 9.17) is 0 Å². The van der Waals surface area contributed by atoms with Crippen LogP contribution in [0.5, 0.6) is 0 Å². The molecule has 3 rings (SSSR count). The molecule has 1 aliphatic rings. The van der Waals surface area contributed by atoms with E-state index < -0.39 is 0 Å². The quantitative estimate of drug-likeness (QED) is 0.891. The third kappa shape index (κ3) is 3.60. The molecule has 0 fully saturated rings. The van der Waals surface area contributed by atoms with Crippen LogP contribution < -0.4 is 10.6 Å². The Morgan fingerprint density at radius 3 is 2.61 bits per heavy atom. The molecule has 1 aliphatic heterocycles. The molecule has 23 heavy (non-hydrogen) atoms. The second-order valence-corrected chi connectivity index (χ2v) is 6.19. The molecule has 0 saturated carbocycles. The van der Waals surface area contributed by atoms with E-state index >= 15 is 0 Å². The molecule has 2 aromatic rings. The van der Waals surface area contributed by atoms with Crippen molar-refractivity contribution >= 4 is 5.91 Å². The van der Waals surface area contributed by atoms with E-state index in [1.807, 2.05) is 50.5 Å². The van der Waals surface area contributed by atoms with Gasteiger partial charge in [-0.2, -0.15) is 0 Å². The van der Waals surface area contributed by atoms with Gasteiger partial charge in [-0.3, -0.25) is 4.79 Å². The SMILES string of the molecule is CN(C)C(CNC(=O)c1ccc2c(c1)CNC2)c1ccccc1. The van der Waals surface area contributed by atoms with Gasteiger partial charge in [0.2, 0.25) is 0 Å². The van der Waals surface area contributed by atoms with E-state index in [1.54, 1.807) is 0 Å². The van der Waals surface area contributed by atoms with Gasteiger partial charge in [0, 0.05) is 25.2 Å². The van der Waals surface area contributed by atoms with Crippen LogP contribution in [-0.4, -0.2) is 31.4 Å². The standard InChI is InChI=1S/C19H23N3O/c1-22(2)18(14-6-4-3-5-7-14)13-21-19(23)15-8-9-16-11-20-12-17(16)10-15/h3-10,18,20H,11-13H2,1-2H3,(H,21,23). The number of likely N-dealkylation sites (N-methyl/N-ethyl adjacent to an activating group) is 1. The molecule has 1 unspecified atom stereocenters. The van der Waals surface area contributed by atoms with Crippen molar-refractivity contribution in [3.05, 3.63) is 70.8 Å². The normalized spacial score (nSPS) is 14.6. The van der Waals surface area contributed by atoms with Gasteiger partial charge in [-0.1, -0.05) is 36.4 Å². The summed E-state index contributed by atoms with van der Waals surface area (Å²) in [5.41, 5.74) is 4.45. The molecule has 0 radical (unpaired) electrons. The molecule has 4 heteroatoms. The number of rotatable bonds is 5. The highest BCUT2D eigenvalue weighted by Crippen LogP contribution is 2.19. The van der Waals surface area contributed by atoms with Gasteiger partial charge in [0.25, 0.3) is 5.91 Å². The van der Waals surface area contributed by atoms with Gasteiger partial charge in [0.05, 0.1) is 6.04 Å². The summed E-state index contributed by atoms with van der Waals surface area (Å²) in [5.74, 6) is -0.0116. The Balaban J connectivity index is 1.67. The van der Waals surface area contributed by atoms with Crippen LogP contribution in [0.25, 0.3) is 0 Å². The summed E-state index contributed by atoms with van der Waals surface area (Å²) < 4.78 is 0. The lowest BCUT2D eigenvalue weighted by Crippen LogP contribution is -2.34. The Kier molecular flexibility index (Phi) is 4.74. The van der Waals surface area contributed by atoms with Crippen LogP contribution in [0.4, 0.5) is 0 Å². The summed E-state index contributed by atoms with van der Waals surface area (Å²) in [6.07, 6.45) is 0. The lowest BCUT2D eigenvalue weighted by Gasteiger charge is -2.25. The Hall–Kier alpha value is -2.17. The highest BCUT2D eigenvalue weighted by atomic mass is 16.1. The van der Waals surface area contributed by atoms with E-state index in [0.717, 1.165) is 18.7 Å². The zero-order chi connectivity index (χ0) is 16.2. The monoisotopic (exact) mass is 309 g/mol. The van der Waals surface area contributed by atoms with Gasteiger partial charge in [-0.15, -0.1) is 0 Å². The predicted molar refractivity (Wildman–Crippen MR) is 92.2 cm³/mol. The van der Waals surface area contributed by atoms with Gasteiger partial charge in [0.15, 0.2) is 0 Å². The molecule has 2 aromatic carbocycles. The fourth-order valence-electron chi connectivity index (χ4n) is 3.00. The molecular weight excluding hydrogens is 286 g/mol. The van der Waals surface area contributed by atoms with Crippen LogP contribution in [-0.2, 0) is 13.1 Å². The van der Waals surface area contributed by atoms with Crippen LogP contribution >= 0.6 is 0 Å². The number of hydrogen-bond donors (Lipinski definition) is 2. The lowest BCUT2D eigenvalue weighted by molar-refractivity contribution is 0.0942. The maximum absolute atomic E-state index is 12.5. The highest BCUT2D eigenvalue weighted by Gasteiger charge is 2.17. The summed E-state index contributed by atoms with van der Waals surface area (Å²) in [6.45, 7) is 2.33. The van der Waals surface area contributed by atoms with E-state index in [0.29, 0.717) is 6.54 Å². The molecule has 0 aromatic heterocycles. The number of amides is 1. The van der Waals surface area contributed by atoms with Gasteiger partial charge in [-0.05, 0) is 42.9 Å². The van der Waals surface area contributed by atoms with Crippen molar-refractivity contribution in [2.24, 2.45) is 0 Å². The van der Waals surface area contributed by atoms with E-state index in [-0.39, 0.29) is 11.9 Å². The largest absolute Gasteiger partial charge is 0.350 e. The molecule has 1 atom stereocenters. The smallest absolute Gasteiger partial charge is 0.251 e. The summed E-state index contributed by atoms with van der Waals surface area (Å²) in [5, 5.41) is 6.37. The number of carbonyl (C=O) groups is 1. The number of benzene rings is 2. The van der Waals surface area contributed by atoms with E-state index in [1.165, 1.54) is 16.7 Å². The molecule has 0 saturated heterocycles.